The number of allylic oxidation sites excluding steroid dienone is 1. The molecule has 1 saturated heterocycles. The van der Waals surface area contributed by atoms with Crippen molar-refractivity contribution in [3.05, 3.63) is 41.7 Å². The summed E-state index contributed by atoms with van der Waals surface area (Å²) in [5, 5.41) is 9.87. The van der Waals surface area contributed by atoms with E-state index in [0.29, 0.717) is 38.0 Å². The van der Waals surface area contributed by atoms with Crippen molar-refractivity contribution in [3.63, 3.8) is 0 Å². The summed E-state index contributed by atoms with van der Waals surface area (Å²) < 4.78 is 24.9. The molecule has 0 bridgehead atoms. The number of carbonyl (C=O) groups excluding carboxylic acids is 2. The number of piperidine rings is 1. The molecule has 2 amide bonds. The highest BCUT2D eigenvalue weighted by Crippen LogP contribution is 2.50. The molecule has 5 rings (SSSR count). The van der Waals surface area contributed by atoms with Crippen LogP contribution in [-0.2, 0) is 9.53 Å². The number of amides is 2. The van der Waals surface area contributed by atoms with Gasteiger partial charge in [-0.25, -0.2) is 9.37 Å². The van der Waals surface area contributed by atoms with E-state index in [0.717, 1.165) is 31.2 Å². The minimum absolute atomic E-state index is 0.0541. The number of rotatable bonds is 7. The van der Waals surface area contributed by atoms with E-state index in [4.69, 9.17) is 15.2 Å². The van der Waals surface area contributed by atoms with Crippen molar-refractivity contribution in [2.75, 3.05) is 27.3 Å². The average molecular weight is 526 g/mol. The summed E-state index contributed by atoms with van der Waals surface area (Å²) in [5.41, 5.74) is 7.46. The van der Waals surface area contributed by atoms with Gasteiger partial charge in [-0.2, -0.15) is 5.10 Å². The van der Waals surface area contributed by atoms with E-state index in [9.17, 15) is 14.0 Å². The van der Waals surface area contributed by atoms with Gasteiger partial charge in [0, 0.05) is 55.9 Å². The van der Waals surface area contributed by atoms with Crippen molar-refractivity contribution in [2.45, 2.75) is 50.2 Å². The zero-order chi connectivity index (χ0) is 26.9. The van der Waals surface area contributed by atoms with Gasteiger partial charge >= 0.3 is 0 Å². The highest BCUT2D eigenvalue weighted by Gasteiger charge is 2.54. The number of nitrogens with two attached hydrogens (primary N) is 1. The lowest BCUT2D eigenvalue weighted by Crippen LogP contribution is -2.51. The Labute approximate surface area is 219 Å². The molecule has 38 heavy (non-hydrogen) atoms. The third kappa shape index (κ3) is 5.00. The van der Waals surface area contributed by atoms with Crippen LogP contribution in [0, 0.1) is 11.7 Å². The number of H-pyrrole nitrogens is 1. The first kappa shape index (κ1) is 25.8. The second-order valence-corrected chi connectivity index (χ2v) is 9.99. The molecule has 0 radical (unpaired) electrons. The highest BCUT2D eigenvalue weighted by atomic mass is 19.1. The van der Waals surface area contributed by atoms with Gasteiger partial charge in [-0.1, -0.05) is 0 Å². The number of hydrogen-bond donors (Lipinski definition) is 3. The van der Waals surface area contributed by atoms with Crippen LogP contribution in [0.15, 0.2) is 35.2 Å². The fourth-order valence-electron chi connectivity index (χ4n) is 5.36. The first-order valence-corrected chi connectivity index (χ1v) is 12.7. The number of aliphatic imine (C=N–C) groups is 1. The van der Waals surface area contributed by atoms with Crippen LogP contribution in [-0.4, -0.2) is 76.6 Å². The number of pyridine rings is 1. The summed E-state index contributed by atoms with van der Waals surface area (Å²) >= 11 is 0. The van der Waals surface area contributed by atoms with Crippen molar-refractivity contribution in [1.82, 2.24) is 25.4 Å². The largest absolute Gasteiger partial charge is 0.481 e. The number of hydrogen-bond acceptors (Lipinski definition) is 8. The maximum Gasteiger partial charge on any atom is 0.272 e. The van der Waals surface area contributed by atoms with Crippen molar-refractivity contribution in [2.24, 2.45) is 16.6 Å². The SMILES string of the molecule is COc1cc(-c2cc(C(=O)N3CCC(C(=O)NC(=CN)C4=NCCC(OC)C4)CC34CC4)[nH]n2)c(F)cn1. The quantitative estimate of drug-likeness (QED) is 0.502. The third-order valence-electron chi connectivity index (χ3n) is 7.71. The van der Waals surface area contributed by atoms with Crippen LogP contribution in [0.4, 0.5) is 4.39 Å². The second kappa shape index (κ2) is 10.5. The van der Waals surface area contributed by atoms with Gasteiger partial charge in [-0.05, 0) is 38.2 Å². The lowest BCUT2D eigenvalue weighted by molar-refractivity contribution is -0.126. The highest BCUT2D eigenvalue weighted by molar-refractivity contribution is 6.03. The Bertz CT molecular complexity index is 1290. The Hall–Kier alpha value is -3.80. The summed E-state index contributed by atoms with van der Waals surface area (Å²) in [6.07, 6.45) is 6.65. The predicted octanol–water partition coefficient (Wildman–Crippen LogP) is 2.17. The van der Waals surface area contributed by atoms with Gasteiger partial charge < -0.3 is 25.4 Å². The van der Waals surface area contributed by atoms with Crippen LogP contribution >= 0.6 is 0 Å². The zero-order valence-corrected chi connectivity index (χ0v) is 21.5. The summed E-state index contributed by atoms with van der Waals surface area (Å²) in [6.45, 7) is 1.05. The minimum atomic E-state index is -0.565. The van der Waals surface area contributed by atoms with Gasteiger partial charge in [0.1, 0.15) is 5.69 Å². The lowest BCUT2D eigenvalue weighted by Gasteiger charge is -2.39. The van der Waals surface area contributed by atoms with Gasteiger partial charge in [0.15, 0.2) is 5.82 Å². The minimum Gasteiger partial charge on any atom is -0.481 e. The molecule has 1 saturated carbocycles. The Morgan fingerprint density at radius 2 is 2.11 bits per heavy atom. The topological polar surface area (TPSA) is 148 Å². The van der Waals surface area contributed by atoms with Crippen molar-refractivity contribution >= 4 is 17.5 Å². The fraction of sp³-hybridized carbons (Fsp3) is 0.500. The van der Waals surface area contributed by atoms with Crippen LogP contribution in [0.2, 0.25) is 0 Å². The Balaban J connectivity index is 1.25. The van der Waals surface area contributed by atoms with Crippen LogP contribution in [0.25, 0.3) is 11.3 Å². The average Bonchev–Trinajstić information content (AvgIpc) is 3.52. The van der Waals surface area contributed by atoms with E-state index in [1.165, 1.54) is 25.4 Å². The summed E-state index contributed by atoms with van der Waals surface area (Å²) in [6, 6.07) is 2.97. The van der Waals surface area contributed by atoms with Gasteiger partial charge in [-0.15, -0.1) is 0 Å². The first-order chi connectivity index (χ1) is 18.4. The van der Waals surface area contributed by atoms with Gasteiger partial charge in [0.05, 0.1) is 36.5 Å². The molecule has 2 aromatic heterocycles. The molecular formula is C26H32FN7O4. The van der Waals surface area contributed by atoms with E-state index in [-0.39, 0.29) is 52.2 Å². The predicted molar refractivity (Wildman–Crippen MR) is 137 cm³/mol. The molecule has 2 aliphatic heterocycles. The molecule has 202 valence electrons. The standard InChI is InChI=1S/C26H32FN7O4/c1-37-16-3-7-29-20(9-16)22(13-28)31-24(35)15-4-8-34(26(12-15)5-6-26)25(36)21-11-19(32-33-21)17-10-23(38-2)30-14-18(17)27/h10-11,13-16H,3-9,12,28H2,1-2H3,(H,31,35)(H,32,33). The van der Waals surface area contributed by atoms with Gasteiger partial charge in [-0.3, -0.25) is 19.7 Å². The van der Waals surface area contributed by atoms with E-state index < -0.39 is 5.82 Å². The molecule has 0 aromatic carbocycles. The van der Waals surface area contributed by atoms with Gasteiger partial charge in [0.25, 0.3) is 5.91 Å². The second-order valence-electron chi connectivity index (χ2n) is 9.99. The zero-order valence-electron chi connectivity index (χ0n) is 21.5. The summed E-state index contributed by atoms with van der Waals surface area (Å²) in [7, 11) is 3.11. The molecule has 2 aromatic rings. The number of halogens is 1. The van der Waals surface area contributed by atoms with Crippen LogP contribution in [0.5, 0.6) is 5.88 Å². The molecule has 1 aliphatic carbocycles. The third-order valence-corrected chi connectivity index (χ3v) is 7.71. The van der Waals surface area contributed by atoms with Crippen LogP contribution in [0.3, 0.4) is 0 Å². The number of carbonyl (C=O) groups is 2. The number of methoxy groups -OCH3 is 2. The van der Waals surface area contributed by atoms with Crippen LogP contribution < -0.4 is 15.8 Å². The first-order valence-electron chi connectivity index (χ1n) is 12.7. The number of likely N-dealkylation sites (tertiary alicyclic amines) is 1. The Morgan fingerprint density at radius 1 is 1.29 bits per heavy atom. The maximum absolute atomic E-state index is 14.4. The van der Waals surface area contributed by atoms with Crippen molar-refractivity contribution < 1.29 is 23.5 Å². The normalized spacial score (nSPS) is 22.7. The molecule has 2 atom stereocenters. The molecular weight excluding hydrogens is 493 g/mol. The smallest absolute Gasteiger partial charge is 0.272 e. The van der Waals surface area contributed by atoms with Crippen LogP contribution in [0.1, 0.15) is 49.0 Å². The number of ether oxygens (including phenoxy) is 2. The fourth-order valence-corrected chi connectivity index (χ4v) is 5.36. The number of aromatic amines is 1. The van der Waals surface area contributed by atoms with E-state index >= 15 is 0 Å². The van der Waals surface area contributed by atoms with E-state index in [2.05, 4.69) is 25.5 Å². The number of nitrogens with one attached hydrogen (secondary N) is 2. The maximum atomic E-state index is 14.4. The molecule has 2 fully saturated rings. The van der Waals surface area contributed by atoms with Crippen molar-refractivity contribution in [3.8, 4) is 17.1 Å². The monoisotopic (exact) mass is 525 g/mol. The van der Waals surface area contributed by atoms with E-state index in [1.54, 1.807) is 7.11 Å². The summed E-state index contributed by atoms with van der Waals surface area (Å²) in [5.74, 6) is -0.907. The molecule has 2 unspecified atom stereocenters. The Morgan fingerprint density at radius 3 is 2.82 bits per heavy atom. The molecule has 1 spiro atoms. The molecule has 3 aliphatic rings. The molecule has 4 heterocycles. The van der Waals surface area contributed by atoms with Crippen molar-refractivity contribution in [1.29, 1.82) is 0 Å². The molecule has 11 nitrogen and oxygen atoms in total. The Kier molecular flexibility index (Phi) is 7.15. The lowest BCUT2D eigenvalue weighted by atomic mass is 9.87. The van der Waals surface area contributed by atoms with Gasteiger partial charge in [0.2, 0.25) is 11.8 Å². The van der Waals surface area contributed by atoms with E-state index in [1.807, 2.05) is 4.90 Å². The number of nitrogens with zero attached hydrogens (tertiary/aromatic N) is 4. The summed E-state index contributed by atoms with van der Waals surface area (Å²) in [4.78, 5) is 36.8. The number of aromatic nitrogens is 3. The molecule has 12 heteroatoms. The molecule has 4 N–H and O–H groups in total.